The molecular formula is C62H39NO2. The number of fused-ring (bicyclic) bond motifs is 9. The van der Waals surface area contributed by atoms with Gasteiger partial charge in [-0.1, -0.05) is 182 Å². The second-order valence-corrected chi connectivity index (χ2v) is 16.8. The van der Waals surface area contributed by atoms with E-state index in [0.29, 0.717) is 0 Å². The summed E-state index contributed by atoms with van der Waals surface area (Å²) < 4.78 is 13.6. The van der Waals surface area contributed by atoms with Crippen molar-refractivity contribution >= 4 is 82.5 Å². The van der Waals surface area contributed by atoms with Crippen molar-refractivity contribution in [3.05, 3.63) is 237 Å². The van der Waals surface area contributed by atoms with Gasteiger partial charge in [-0.05, 0) is 104 Å². The normalized spacial score (nSPS) is 11.7. The molecular weight excluding hydrogens is 791 g/mol. The van der Waals surface area contributed by atoms with E-state index < -0.39 is 0 Å². The first-order chi connectivity index (χ1) is 32.2. The number of para-hydroxylation sites is 2. The molecule has 0 fully saturated rings. The second-order valence-electron chi connectivity index (χ2n) is 16.8. The van der Waals surface area contributed by atoms with Gasteiger partial charge in [0.25, 0.3) is 0 Å². The lowest BCUT2D eigenvalue weighted by molar-refractivity contribution is 0.670. The molecule has 0 aliphatic carbocycles. The Hall–Kier alpha value is -8.66. The van der Waals surface area contributed by atoms with Crippen molar-refractivity contribution < 1.29 is 8.83 Å². The molecule has 0 unspecified atom stereocenters. The van der Waals surface area contributed by atoms with Gasteiger partial charge >= 0.3 is 0 Å². The number of hydrogen-bond donors (Lipinski definition) is 0. The molecule has 0 radical (unpaired) electrons. The van der Waals surface area contributed by atoms with Gasteiger partial charge in [-0.3, -0.25) is 0 Å². The minimum Gasteiger partial charge on any atom is -0.455 e. The molecule has 0 aliphatic rings. The molecule has 0 amide bonds. The van der Waals surface area contributed by atoms with Gasteiger partial charge in [0.2, 0.25) is 0 Å². The van der Waals surface area contributed by atoms with Crippen LogP contribution in [0.4, 0.5) is 17.1 Å². The third-order valence-corrected chi connectivity index (χ3v) is 13.1. The van der Waals surface area contributed by atoms with Crippen molar-refractivity contribution in [2.24, 2.45) is 0 Å². The van der Waals surface area contributed by atoms with Gasteiger partial charge in [0.15, 0.2) is 0 Å². The Labute approximate surface area is 375 Å². The van der Waals surface area contributed by atoms with E-state index in [1.54, 1.807) is 0 Å². The number of hydrogen-bond acceptors (Lipinski definition) is 3. The summed E-state index contributed by atoms with van der Waals surface area (Å²) in [6, 6.07) is 84.6. The highest BCUT2D eigenvalue weighted by molar-refractivity contribution is 6.20. The molecule has 0 bridgehead atoms. The van der Waals surface area contributed by atoms with Crippen LogP contribution < -0.4 is 4.90 Å². The standard InChI is InChI=1S/C62H39NO2/c1-3-15-41(16-4-1)48-35-32-46(37-54(48)42-17-5-2-6-18-42)40-29-33-47(34-30-40)63(57-27-14-28-58-60(57)53-36-31-43-19-9-10-22-49(43)61(53)64-58)56-26-12-11-23-50(56)51-24-13-25-52-55-38-44-20-7-8-21-45(44)39-59(55)65-62(51)52/h1-39H. The van der Waals surface area contributed by atoms with Crippen LogP contribution in [0.1, 0.15) is 0 Å². The average molecular weight is 830 g/mol. The van der Waals surface area contributed by atoms with Crippen LogP contribution in [0.2, 0.25) is 0 Å². The molecule has 3 heteroatoms. The van der Waals surface area contributed by atoms with Crippen LogP contribution in [0.5, 0.6) is 0 Å². The lowest BCUT2D eigenvalue weighted by Crippen LogP contribution is -2.11. The fourth-order valence-corrected chi connectivity index (χ4v) is 9.97. The molecule has 2 aromatic heterocycles. The molecule has 0 spiro atoms. The van der Waals surface area contributed by atoms with Crippen LogP contribution in [-0.4, -0.2) is 0 Å². The fourth-order valence-electron chi connectivity index (χ4n) is 9.97. The Morgan fingerprint density at radius 2 is 0.892 bits per heavy atom. The lowest BCUT2D eigenvalue weighted by atomic mass is 9.91. The zero-order valence-electron chi connectivity index (χ0n) is 35.3. The Balaban J connectivity index is 1.01. The molecule has 13 rings (SSSR count). The highest BCUT2D eigenvalue weighted by Crippen LogP contribution is 2.49. The van der Waals surface area contributed by atoms with E-state index in [2.05, 4.69) is 241 Å². The van der Waals surface area contributed by atoms with E-state index in [0.717, 1.165) is 99.4 Å². The van der Waals surface area contributed by atoms with E-state index in [-0.39, 0.29) is 0 Å². The van der Waals surface area contributed by atoms with Crippen LogP contribution in [0.3, 0.4) is 0 Å². The number of nitrogens with zero attached hydrogens (tertiary/aromatic N) is 1. The summed E-state index contributed by atoms with van der Waals surface area (Å²) in [7, 11) is 0. The molecule has 0 atom stereocenters. The summed E-state index contributed by atoms with van der Waals surface area (Å²) in [5.74, 6) is 0. The maximum absolute atomic E-state index is 6.86. The van der Waals surface area contributed by atoms with Crippen molar-refractivity contribution in [3.8, 4) is 44.5 Å². The molecule has 3 nitrogen and oxygen atoms in total. The van der Waals surface area contributed by atoms with E-state index in [9.17, 15) is 0 Å². The summed E-state index contributed by atoms with van der Waals surface area (Å²) in [6.07, 6.45) is 0. The van der Waals surface area contributed by atoms with E-state index >= 15 is 0 Å². The average Bonchev–Trinajstić information content (AvgIpc) is 3.95. The van der Waals surface area contributed by atoms with E-state index in [1.165, 1.54) is 27.6 Å². The summed E-state index contributed by atoms with van der Waals surface area (Å²) in [5.41, 5.74) is 15.7. The zero-order chi connectivity index (χ0) is 42.8. The minimum absolute atomic E-state index is 0.839. The van der Waals surface area contributed by atoms with Gasteiger partial charge in [0, 0.05) is 38.4 Å². The smallest absolute Gasteiger partial charge is 0.143 e. The molecule has 65 heavy (non-hydrogen) atoms. The van der Waals surface area contributed by atoms with Crippen molar-refractivity contribution in [1.29, 1.82) is 0 Å². The molecule has 13 aromatic rings. The van der Waals surface area contributed by atoms with Gasteiger partial charge in [-0.2, -0.15) is 0 Å². The van der Waals surface area contributed by atoms with Gasteiger partial charge < -0.3 is 13.7 Å². The van der Waals surface area contributed by atoms with Crippen LogP contribution in [0.25, 0.3) is 110 Å². The molecule has 2 heterocycles. The van der Waals surface area contributed by atoms with Crippen LogP contribution in [-0.2, 0) is 0 Å². The first kappa shape index (κ1) is 36.9. The molecule has 0 saturated heterocycles. The summed E-state index contributed by atoms with van der Waals surface area (Å²) >= 11 is 0. The fraction of sp³-hybridized carbons (Fsp3) is 0. The summed E-state index contributed by atoms with van der Waals surface area (Å²) in [4.78, 5) is 2.40. The quantitative estimate of drug-likeness (QED) is 0.160. The van der Waals surface area contributed by atoms with Gasteiger partial charge in [0.05, 0.1) is 16.8 Å². The maximum atomic E-state index is 6.86. The Morgan fingerprint density at radius 3 is 1.71 bits per heavy atom. The number of benzene rings is 11. The number of furan rings is 2. The number of rotatable bonds is 7. The van der Waals surface area contributed by atoms with Crippen molar-refractivity contribution in [1.82, 2.24) is 0 Å². The Kier molecular flexibility index (Phi) is 8.53. The molecule has 0 aliphatic heterocycles. The van der Waals surface area contributed by atoms with Crippen molar-refractivity contribution in [2.75, 3.05) is 4.90 Å². The van der Waals surface area contributed by atoms with Gasteiger partial charge in [0.1, 0.15) is 22.3 Å². The largest absolute Gasteiger partial charge is 0.455 e. The van der Waals surface area contributed by atoms with Gasteiger partial charge in [-0.25, -0.2) is 0 Å². The van der Waals surface area contributed by atoms with Crippen LogP contribution in [0.15, 0.2) is 245 Å². The lowest BCUT2D eigenvalue weighted by Gasteiger charge is -2.28. The molecule has 0 saturated carbocycles. The predicted molar refractivity (Wildman–Crippen MR) is 272 cm³/mol. The highest BCUT2D eigenvalue weighted by atomic mass is 16.3. The van der Waals surface area contributed by atoms with Crippen LogP contribution >= 0.6 is 0 Å². The second kappa shape index (κ2) is 15.0. The molecule has 11 aromatic carbocycles. The maximum Gasteiger partial charge on any atom is 0.143 e. The third kappa shape index (κ3) is 6.12. The van der Waals surface area contributed by atoms with E-state index in [1.807, 2.05) is 0 Å². The topological polar surface area (TPSA) is 29.5 Å². The Morgan fingerprint density at radius 1 is 0.277 bits per heavy atom. The van der Waals surface area contributed by atoms with Crippen molar-refractivity contribution in [2.45, 2.75) is 0 Å². The molecule has 304 valence electrons. The summed E-state index contributed by atoms with van der Waals surface area (Å²) in [6.45, 7) is 0. The first-order valence-corrected chi connectivity index (χ1v) is 22.2. The highest BCUT2D eigenvalue weighted by Gasteiger charge is 2.24. The SMILES string of the molecule is c1ccc(-c2ccc(-c3ccc(N(c4ccccc4-c4cccc5c4oc4cc6ccccc6cc45)c4cccc5oc6c7ccccc7ccc6c45)cc3)cc2-c2ccccc2)cc1. The predicted octanol–water partition coefficient (Wildman–Crippen LogP) is 17.9. The van der Waals surface area contributed by atoms with Gasteiger partial charge in [-0.15, -0.1) is 0 Å². The van der Waals surface area contributed by atoms with Crippen molar-refractivity contribution in [3.63, 3.8) is 0 Å². The monoisotopic (exact) mass is 829 g/mol. The molecule has 0 N–H and O–H groups in total. The van der Waals surface area contributed by atoms with Crippen LogP contribution in [0, 0.1) is 0 Å². The third-order valence-electron chi connectivity index (χ3n) is 13.1. The number of anilines is 3. The Bertz CT molecular complexity index is 3940. The first-order valence-electron chi connectivity index (χ1n) is 22.2. The summed E-state index contributed by atoms with van der Waals surface area (Å²) in [5, 5.41) is 8.94. The zero-order valence-corrected chi connectivity index (χ0v) is 35.3. The minimum atomic E-state index is 0.839. The van der Waals surface area contributed by atoms with E-state index in [4.69, 9.17) is 8.83 Å².